The Morgan fingerprint density at radius 3 is 2.75 bits per heavy atom. The van der Waals surface area contributed by atoms with Crippen LogP contribution in [0.3, 0.4) is 0 Å². The van der Waals surface area contributed by atoms with E-state index in [1.807, 2.05) is 23.1 Å². The van der Waals surface area contributed by atoms with Crippen LogP contribution in [0.15, 0.2) is 24.4 Å². The number of hydrogen-bond donors (Lipinski definition) is 1. The maximum absolute atomic E-state index is 12.7. The number of carbonyl (C=O) groups excluding carboxylic acids is 2. The average molecular weight is 328 g/mol. The summed E-state index contributed by atoms with van der Waals surface area (Å²) in [6, 6.07) is 5.53. The lowest BCUT2D eigenvalue weighted by molar-refractivity contribution is 0.0780. The molecule has 0 aromatic carbocycles. The van der Waals surface area contributed by atoms with E-state index in [4.69, 9.17) is 0 Å². The van der Waals surface area contributed by atoms with Gasteiger partial charge in [0.15, 0.2) is 5.69 Å². The maximum Gasteiger partial charge on any atom is 0.290 e. The molecule has 1 fully saturated rings. The highest BCUT2D eigenvalue weighted by Crippen LogP contribution is 2.17. The second-order valence-electron chi connectivity index (χ2n) is 6.20. The Labute approximate surface area is 141 Å². The highest BCUT2D eigenvalue weighted by Gasteiger charge is 2.26. The van der Waals surface area contributed by atoms with E-state index in [0.29, 0.717) is 23.6 Å². The molecule has 6 heteroatoms. The summed E-state index contributed by atoms with van der Waals surface area (Å²) in [5.41, 5.74) is 1.00. The zero-order chi connectivity index (χ0) is 16.9. The lowest BCUT2D eigenvalue weighted by atomic mass is 10.2. The molecule has 2 aromatic rings. The molecule has 128 valence electrons. The summed E-state index contributed by atoms with van der Waals surface area (Å²) in [5, 5.41) is 2.91. The minimum absolute atomic E-state index is 0.0984. The van der Waals surface area contributed by atoms with Crippen LogP contribution in [0.4, 0.5) is 0 Å². The first-order chi connectivity index (χ1) is 11.7. The summed E-state index contributed by atoms with van der Waals surface area (Å²) in [7, 11) is 0. The van der Waals surface area contributed by atoms with Gasteiger partial charge >= 0.3 is 0 Å². The molecule has 1 aliphatic heterocycles. The minimum atomic E-state index is -0.213. The first-order valence-corrected chi connectivity index (χ1v) is 8.77. The van der Waals surface area contributed by atoms with Crippen molar-refractivity contribution in [1.29, 1.82) is 0 Å². The summed E-state index contributed by atoms with van der Waals surface area (Å²) in [6.07, 6.45) is 6.99. The van der Waals surface area contributed by atoms with Crippen molar-refractivity contribution in [3.8, 4) is 0 Å². The van der Waals surface area contributed by atoms with Gasteiger partial charge in [-0.2, -0.15) is 0 Å². The fourth-order valence-corrected chi connectivity index (χ4v) is 3.08. The van der Waals surface area contributed by atoms with E-state index in [1.165, 1.54) is 0 Å². The van der Waals surface area contributed by atoms with Gasteiger partial charge < -0.3 is 10.2 Å². The quantitative estimate of drug-likeness (QED) is 0.829. The highest BCUT2D eigenvalue weighted by molar-refractivity contribution is 6.02. The Kier molecular flexibility index (Phi) is 5.13. The standard InChI is InChI=1S/C18H24N4O2/c1-2-3-5-10-19-17(23)15-14-9-4-6-13-22(14)16(20-15)18(24)21-11-7-8-12-21/h4,6,9,13H,2-3,5,7-8,10-12H2,1H3,(H,19,23). The van der Waals surface area contributed by atoms with Crippen LogP contribution in [-0.4, -0.2) is 45.7 Å². The van der Waals surface area contributed by atoms with Crippen molar-refractivity contribution in [3.05, 3.63) is 35.9 Å². The fourth-order valence-electron chi connectivity index (χ4n) is 3.08. The molecule has 2 amide bonds. The zero-order valence-corrected chi connectivity index (χ0v) is 14.1. The molecule has 2 aromatic heterocycles. The van der Waals surface area contributed by atoms with Crippen LogP contribution in [0, 0.1) is 0 Å². The monoisotopic (exact) mass is 328 g/mol. The summed E-state index contributed by atoms with van der Waals surface area (Å²) in [5.74, 6) is 0.0141. The lowest BCUT2D eigenvalue weighted by Crippen LogP contribution is -2.29. The minimum Gasteiger partial charge on any atom is -0.351 e. The SMILES string of the molecule is CCCCCNC(=O)c1nc(C(=O)N2CCCC2)n2ccccc12. The van der Waals surface area contributed by atoms with Crippen molar-refractivity contribution < 1.29 is 9.59 Å². The molecule has 0 spiro atoms. The van der Waals surface area contributed by atoms with Crippen LogP contribution in [-0.2, 0) is 0 Å². The van der Waals surface area contributed by atoms with Gasteiger partial charge in [-0.25, -0.2) is 4.98 Å². The number of hydrogen-bond acceptors (Lipinski definition) is 3. The molecule has 24 heavy (non-hydrogen) atoms. The zero-order valence-electron chi connectivity index (χ0n) is 14.1. The third-order valence-electron chi connectivity index (χ3n) is 4.41. The number of pyridine rings is 1. The van der Waals surface area contributed by atoms with Crippen molar-refractivity contribution in [2.75, 3.05) is 19.6 Å². The van der Waals surface area contributed by atoms with Gasteiger partial charge in [0.25, 0.3) is 11.8 Å². The molecule has 0 unspecified atom stereocenters. The third kappa shape index (κ3) is 3.27. The normalized spacial score (nSPS) is 14.3. The molecule has 0 aliphatic carbocycles. The average Bonchev–Trinajstić information content (AvgIpc) is 3.26. The summed E-state index contributed by atoms with van der Waals surface area (Å²) in [6.45, 7) is 4.28. The predicted octanol–water partition coefficient (Wildman–Crippen LogP) is 2.49. The van der Waals surface area contributed by atoms with E-state index in [0.717, 1.165) is 45.2 Å². The van der Waals surface area contributed by atoms with Gasteiger partial charge in [0, 0.05) is 25.8 Å². The molecule has 0 radical (unpaired) electrons. The van der Waals surface area contributed by atoms with Gasteiger partial charge in [-0.05, 0) is 31.4 Å². The van der Waals surface area contributed by atoms with Gasteiger partial charge in [-0.15, -0.1) is 0 Å². The summed E-state index contributed by atoms with van der Waals surface area (Å²) < 4.78 is 1.72. The second kappa shape index (κ2) is 7.47. The number of unbranched alkanes of at least 4 members (excludes halogenated alkanes) is 2. The largest absolute Gasteiger partial charge is 0.351 e. The number of rotatable bonds is 6. The molecular weight excluding hydrogens is 304 g/mol. The number of imidazole rings is 1. The Balaban J connectivity index is 1.86. The van der Waals surface area contributed by atoms with Crippen LogP contribution in [0.5, 0.6) is 0 Å². The van der Waals surface area contributed by atoms with E-state index in [9.17, 15) is 9.59 Å². The molecular formula is C18H24N4O2. The molecule has 1 saturated heterocycles. The van der Waals surface area contributed by atoms with Gasteiger partial charge in [-0.3, -0.25) is 14.0 Å². The number of carbonyl (C=O) groups is 2. The second-order valence-corrected chi connectivity index (χ2v) is 6.20. The number of aromatic nitrogens is 2. The van der Waals surface area contributed by atoms with Gasteiger partial charge in [0.1, 0.15) is 0 Å². The Bertz CT molecular complexity index is 732. The molecule has 1 N–H and O–H groups in total. The first-order valence-electron chi connectivity index (χ1n) is 8.77. The van der Waals surface area contributed by atoms with Gasteiger partial charge in [0.05, 0.1) is 5.52 Å². The molecule has 0 bridgehead atoms. The summed E-state index contributed by atoms with van der Waals surface area (Å²) in [4.78, 5) is 31.4. The fraction of sp³-hybridized carbons (Fsp3) is 0.500. The van der Waals surface area contributed by atoms with E-state index in [1.54, 1.807) is 10.6 Å². The Morgan fingerprint density at radius 1 is 1.21 bits per heavy atom. The highest BCUT2D eigenvalue weighted by atomic mass is 16.2. The van der Waals surface area contributed by atoms with Gasteiger partial charge in [-0.1, -0.05) is 25.8 Å². The number of amides is 2. The van der Waals surface area contributed by atoms with E-state index >= 15 is 0 Å². The molecule has 0 saturated carbocycles. The van der Waals surface area contributed by atoms with E-state index in [-0.39, 0.29) is 11.8 Å². The maximum atomic E-state index is 12.7. The predicted molar refractivity (Wildman–Crippen MR) is 92.2 cm³/mol. The van der Waals surface area contributed by atoms with Crippen molar-refractivity contribution in [2.24, 2.45) is 0 Å². The number of fused-ring (bicyclic) bond motifs is 1. The van der Waals surface area contributed by atoms with Gasteiger partial charge in [0.2, 0.25) is 5.82 Å². The van der Waals surface area contributed by atoms with E-state index in [2.05, 4.69) is 17.2 Å². The number of likely N-dealkylation sites (tertiary alicyclic amines) is 1. The van der Waals surface area contributed by atoms with E-state index < -0.39 is 0 Å². The smallest absolute Gasteiger partial charge is 0.290 e. The van der Waals surface area contributed by atoms with Crippen LogP contribution in [0.1, 0.15) is 60.1 Å². The van der Waals surface area contributed by atoms with Crippen molar-refractivity contribution in [1.82, 2.24) is 19.6 Å². The van der Waals surface area contributed by atoms with Crippen LogP contribution >= 0.6 is 0 Å². The van der Waals surface area contributed by atoms with Crippen LogP contribution in [0.25, 0.3) is 5.52 Å². The molecule has 3 heterocycles. The number of nitrogens with zero attached hydrogens (tertiary/aromatic N) is 3. The number of nitrogens with one attached hydrogen (secondary N) is 1. The molecule has 6 nitrogen and oxygen atoms in total. The van der Waals surface area contributed by atoms with Crippen LogP contribution < -0.4 is 5.32 Å². The Morgan fingerprint density at radius 2 is 2.00 bits per heavy atom. The summed E-state index contributed by atoms with van der Waals surface area (Å²) >= 11 is 0. The molecule has 1 aliphatic rings. The topological polar surface area (TPSA) is 66.7 Å². The Hall–Kier alpha value is -2.37. The molecule has 0 atom stereocenters. The molecule has 3 rings (SSSR count). The van der Waals surface area contributed by atoms with Crippen molar-refractivity contribution >= 4 is 17.3 Å². The first kappa shape index (κ1) is 16.5. The lowest BCUT2D eigenvalue weighted by Gasteiger charge is -2.13. The van der Waals surface area contributed by atoms with Crippen molar-refractivity contribution in [2.45, 2.75) is 39.0 Å². The third-order valence-corrected chi connectivity index (χ3v) is 4.41. The van der Waals surface area contributed by atoms with Crippen LogP contribution in [0.2, 0.25) is 0 Å². The van der Waals surface area contributed by atoms with Crippen molar-refractivity contribution in [3.63, 3.8) is 0 Å².